The summed E-state index contributed by atoms with van der Waals surface area (Å²) in [7, 11) is 1.37. The van der Waals surface area contributed by atoms with E-state index in [4.69, 9.17) is 8.92 Å². The van der Waals surface area contributed by atoms with Crippen molar-refractivity contribution in [2.45, 2.75) is 64.0 Å². The highest BCUT2D eigenvalue weighted by molar-refractivity contribution is 14.2. The zero-order valence-electron chi connectivity index (χ0n) is 14.6. The van der Waals surface area contributed by atoms with E-state index in [0.29, 0.717) is 18.8 Å². The van der Waals surface area contributed by atoms with E-state index < -0.39 is 17.2 Å². The van der Waals surface area contributed by atoms with Crippen LogP contribution in [-0.4, -0.2) is 47.7 Å². The number of amides is 2. The molecule has 138 valence electrons. The van der Waals surface area contributed by atoms with Crippen molar-refractivity contribution in [3.63, 3.8) is 0 Å². The number of piperidine rings is 1. The molecular formula is C16H27IN2O4S. The van der Waals surface area contributed by atoms with E-state index in [0.717, 1.165) is 39.0 Å². The summed E-state index contributed by atoms with van der Waals surface area (Å²) in [5.74, 6) is 0.664. The number of halogens is 1. The Kier molecular flexibility index (Phi) is 7.07. The third-order valence-corrected chi connectivity index (χ3v) is 5.47. The maximum absolute atomic E-state index is 12.8. The molecule has 1 heterocycles. The minimum absolute atomic E-state index is 0.0471. The Morgan fingerprint density at radius 3 is 2.42 bits per heavy atom. The van der Waals surface area contributed by atoms with E-state index >= 15 is 0 Å². The van der Waals surface area contributed by atoms with Gasteiger partial charge < -0.3 is 19.1 Å². The van der Waals surface area contributed by atoms with Crippen LogP contribution in [0.3, 0.4) is 0 Å². The first-order valence-corrected chi connectivity index (χ1v) is 11.7. The van der Waals surface area contributed by atoms with E-state index in [-0.39, 0.29) is 5.91 Å². The topological polar surface area (TPSA) is 67.9 Å². The molecule has 24 heavy (non-hydrogen) atoms. The average molecular weight is 470 g/mol. The molecule has 1 aliphatic carbocycles. The SMILES string of the molecule is CC(C)(C)OC(=O)NC1(C(=O)N2CCC(CCOSI)CC2)CC1. The highest BCUT2D eigenvalue weighted by atomic mass is 127. The molecule has 6 nitrogen and oxygen atoms in total. The van der Waals surface area contributed by atoms with Crippen LogP contribution in [0.15, 0.2) is 0 Å². The molecule has 8 heteroatoms. The summed E-state index contributed by atoms with van der Waals surface area (Å²) in [5, 5.41) is 2.80. The van der Waals surface area contributed by atoms with Gasteiger partial charge in [0.15, 0.2) is 0 Å². The summed E-state index contributed by atoms with van der Waals surface area (Å²) in [5.41, 5.74) is -1.28. The number of carbonyl (C=O) groups is 2. The first kappa shape index (κ1) is 20.1. The summed E-state index contributed by atoms with van der Waals surface area (Å²) >= 11 is 2.12. The lowest BCUT2D eigenvalue weighted by molar-refractivity contribution is -0.136. The Hall–Kier alpha value is -0.220. The fraction of sp³-hybridized carbons (Fsp3) is 0.875. The highest BCUT2D eigenvalue weighted by Crippen LogP contribution is 2.38. The maximum atomic E-state index is 12.8. The maximum Gasteiger partial charge on any atom is 0.408 e. The van der Waals surface area contributed by atoms with E-state index in [1.54, 1.807) is 0 Å². The molecule has 1 saturated carbocycles. The van der Waals surface area contributed by atoms with Gasteiger partial charge in [0.1, 0.15) is 11.1 Å². The van der Waals surface area contributed by atoms with Gasteiger partial charge in [0.25, 0.3) is 0 Å². The van der Waals surface area contributed by atoms with Gasteiger partial charge in [-0.25, -0.2) is 4.79 Å². The number of carbonyl (C=O) groups excluding carboxylic acids is 2. The van der Waals surface area contributed by atoms with Crippen LogP contribution in [0.1, 0.15) is 52.9 Å². The van der Waals surface area contributed by atoms with Crippen molar-refractivity contribution in [3.05, 3.63) is 0 Å². The second-order valence-electron chi connectivity index (χ2n) is 7.62. The van der Waals surface area contributed by atoms with Crippen molar-refractivity contribution in [1.29, 1.82) is 0 Å². The second-order valence-corrected chi connectivity index (χ2v) is 9.06. The van der Waals surface area contributed by atoms with Gasteiger partial charge in [-0.05, 0) is 58.8 Å². The first-order chi connectivity index (χ1) is 11.3. The lowest BCUT2D eigenvalue weighted by atomic mass is 9.93. The lowest BCUT2D eigenvalue weighted by Crippen LogP contribution is -2.53. The van der Waals surface area contributed by atoms with Crippen LogP contribution in [0, 0.1) is 5.92 Å². The van der Waals surface area contributed by atoms with Crippen LogP contribution in [0.4, 0.5) is 4.79 Å². The summed E-state index contributed by atoms with van der Waals surface area (Å²) in [6, 6.07) is 0. The Morgan fingerprint density at radius 2 is 1.92 bits per heavy atom. The lowest BCUT2D eigenvalue weighted by Gasteiger charge is -2.34. The Labute approximate surface area is 160 Å². The number of nitrogens with zero attached hydrogens (tertiary/aromatic N) is 1. The quantitative estimate of drug-likeness (QED) is 0.365. The zero-order valence-corrected chi connectivity index (χ0v) is 17.6. The molecule has 0 spiro atoms. The molecular weight excluding hydrogens is 443 g/mol. The highest BCUT2D eigenvalue weighted by Gasteiger charge is 2.53. The molecule has 2 aliphatic rings. The number of likely N-dealkylation sites (tertiary alicyclic amines) is 1. The molecule has 0 aromatic carbocycles. The Bertz CT molecular complexity index is 457. The van der Waals surface area contributed by atoms with E-state index in [2.05, 4.69) is 26.5 Å². The molecule has 0 radical (unpaired) electrons. The molecule has 1 aliphatic heterocycles. The predicted octanol–water partition coefficient (Wildman–Crippen LogP) is 3.69. The fourth-order valence-electron chi connectivity index (χ4n) is 2.99. The predicted molar refractivity (Wildman–Crippen MR) is 103 cm³/mol. The Morgan fingerprint density at radius 1 is 1.29 bits per heavy atom. The third-order valence-electron chi connectivity index (χ3n) is 4.46. The van der Waals surface area contributed by atoms with Gasteiger partial charge >= 0.3 is 6.09 Å². The number of ether oxygens (including phenoxy) is 1. The van der Waals surface area contributed by atoms with E-state index in [1.807, 2.05) is 25.7 Å². The van der Waals surface area contributed by atoms with Crippen LogP contribution in [0.2, 0.25) is 0 Å². The third kappa shape index (κ3) is 5.94. The average Bonchev–Trinajstić information content (AvgIpc) is 3.26. The number of nitrogens with one attached hydrogen (secondary N) is 1. The summed E-state index contributed by atoms with van der Waals surface area (Å²) < 4.78 is 10.6. The molecule has 0 unspecified atom stereocenters. The largest absolute Gasteiger partial charge is 0.444 e. The van der Waals surface area contributed by atoms with Crippen molar-refractivity contribution in [2.75, 3.05) is 19.7 Å². The molecule has 2 fully saturated rings. The van der Waals surface area contributed by atoms with E-state index in [1.165, 1.54) is 9.21 Å². The first-order valence-electron chi connectivity index (χ1n) is 8.46. The molecule has 0 atom stereocenters. The molecule has 2 amide bonds. The van der Waals surface area contributed by atoms with Gasteiger partial charge in [-0.1, -0.05) is 0 Å². The van der Waals surface area contributed by atoms with Crippen molar-refractivity contribution in [2.24, 2.45) is 5.92 Å². The monoisotopic (exact) mass is 470 g/mol. The molecule has 2 rings (SSSR count). The number of alkyl carbamates (subject to hydrolysis) is 1. The number of hydrogen-bond acceptors (Lipinski definition) is 5. The second kappa shape index (κ2) is 8.44. The van der Waals surface area contributed by atoms with Gasteiger partial charge in [0.05, 0.1) is 15.8 Å². The van der Waals surface area contributed by atoms with Crippen molar-refractivity contribution >= 4 is 42.4 Å². The van der Waals surface area contributed by atoms with Crippen molar-refractivity contribution in [3.8, 4) is 0 Å². The van der Waals surface area contributed by atoms with Crippen LogP contribution in [0.5, 0.6) is 0 Å². The summed E-state index contributed by atoms with van der Waals surface area (Å²) in [4.78, 5) is 26.7. The van der Waals surface area contributed by atoms with Gasteiger partial charge in [-0.15, -0.1) is 0 Å². The van der Waals surface area contributed by atoms with Gasteiger partial charge in [0.2, 0.25) is 5.91 Å². The normalized spacial score (nSPS) is 20.6. The molecule has 0 bridgehead atoms. The van der Waals surface area contributed by atoms with Crippen LogP contribution in [0.25, 0.3) is 0 Å². The van der Waals surface area contributed by atoms with Crippen LogP contribution in [-0.2, 0) is 13.7 Å². The molecule has 1 saturated heterocycles. The zero-order chi connectivity index (χ0) is 17.8. The smallest absolute Gasteiger partial charge is 0.408 e. The standard InChI is InChI=1S/C16H27IN2O4S/c1-15(2,3)23-14(21)18-16(7-8-16)13(20)19-9-4-12(5-10-19)6-11-22-24-17/h12H,4-11H2,1-3H3,(H,18,21). The number of rotatable bonds is 6. The number of hydrogen-bond donors (Lipinski definition) is 1. The van der Waals surface area contributed by atoms with Crippen molar-refractivity contribution < 1.29 is 18.5 Å². The van der Waals surface area contributed by atoms with Crippen LogP contribution < -0.4 is 5.32 Å². The van der Waals surface area contributed by atoms with Gasteiger partial charge in [0, 0.05) is 34.3 Å². The summed E-state index contributed by atoms with van der Waals surface area (Å²) in [6.45, 7) is 7.74. The van der Waals surface area contributed by atoms with Crippen LogP contribution >= 0.6 is 30.4 Å². The Balaban J connectivity index is 1.79. The summed E-state index contributed by atoms with van der Waals surface area (Å²) in [6.07, 6.45) is 3.95. The fourth-order valence-corrected chi connectivity index (χ4v) is 3.69. The minimum atomic E-state index is -0.726. The van der Waals surface area contributed by atoms with Gasteiger partial charge in [-0.2, -0.15) is 0 Å². The van der Waals surface area contributed by atoms with E-state index in [9.17, 15) is 9.59 Å². The minimum Gasteiger partial charge on any atom is -0.444 e. The molecule has 1 N–H and O–H groups in total. The molecule has 0 aromatic rings. The van der Waals surface area contributed by atoms with Gasteiger partial charge in [-0.3, -0.25) is 4.79 Å². The van der Waals surface area contributed by atoms with Crippen molar-refractivity contribution in [1.82, 2.24) is 10.2 Å². The molecule has 0 aromatic heterocycles.